The van der Waals surface area contributed by atoms with Gasteiger partial charge in [-0.2, -0.15) is 5.26 Å². The number of nitrogens with one attached hydrogen (secondary N) is 2. The maximum Gasteiger partial charge on any atom is 0.149 e. The van der Waals surface area contributed by atoms with Gasteiger partial charge in [-0.1, -0.05) is 67.3 Å². The average Bonchev–Trinajstić information content (AvgIpc) is 3.44. The van der Waals surface area contributed by atoms with Crippen LogP contribution in [0.4, 0.5) is 5.82 Å². The molecule has 0 saturated heterocycles. The second-order valence-corrected chi connectivity index (χ2v) is 10.4. The number of hydrogen-bond acceptors (Lipinski definition) is 7. The zero-order valence-corrected chi connectivity index (χ0v) is 25.2. The summed E-state index contributed by atoms with van der Waals surface area (Å²) in [5.41, 5.74) is 7.92. The number of pyridine rings is 2. The quantitative estimate of drug-likeness (QED) is 0.196. The second-order valence-electron chi connectivity index (χ2n) is 10.4. The minimum absolute atomic E-state index is 0.484. The van der Waals surface area contributed by atoms with E-state index in [0.29, 0.717) is 17.1 Å². The van der Waals surface area contributed by atoms with Gasteiger partial charge in [0.2, 0.25) is 0 Å². The fourth-order valence-corrected chi connectivity index (χ4v) is 4.78. The third kappa shape index (κ3) is 8.34. The second kappa shape index (κ2) is 15.0. The largest absolute Gasteiger partial charge is 0.391 e. The number of aryl methyl sites for hydroxylation is 2. The first-order valence-electron chi connectivity index (χ1n) is 14.3. The van der Waals surface area contributed by atoms with Crippen LogP contribution in [0.5, 0.6) is 0 Å². The normalized spacial score (nSPS) is 11.8. The van der Waals surface area contributed by atoms with Gasteiger partial charge < -0.3 is 20.4 Å². The maximum absolute atomic E-state index is 10.1. The summed E-state index contributed by atoms with van der Waals surface area (Å²) in [7, 11) is 2.08. The summed E-state index contributed by atoms with van der Waals surface area (Å²) >= 11 is 0. The Balaban J connectivity index is 0.000000296. The van der Waals surface area contributed by atoms with Crippen molar-refractivity contribution in [2.45, 2.75) is 20.3 Å². The van der Waals surface area contributed by atoms with Crippen molar-refractivity contribution in [3.63, 3.8) is 0 Å². The summed E-state index contributed by atoms with van der Waals surface area (Å²) < 4.78 is 0. The highest BCUT2D eigenvalue weighted by Gasteiger charge is 2.17. The van der Waals surface area contributed by atoms with Gasteiger partial charge in [-0.3, -0.25) is 4.98 Å². The lowest BCUT2D eigenvalue weighted by Gasteiger charge is -2.17. The van der Waals surface area contributed by atoms with Gasteiger partial charge in [0.25, 0.3) is 0 Å². The molecule has 7 nitrogen and oxygen atoms in total. The molecule has 0 amide bonds. The van der Waals surface area contributed by atoms with Crippen LogP contribution in [0.3, 0.4) is 0 Å². The van der Waals surface area contributed by atoms with Gasteiger partial charge in [0, 0.05) is 67.3 Å². The van der Waals surface area contributed by atoms with Crippen LogP contribution in [0.15, 0.2) is 111 Å². The lowest BCUT2D eigenvalue weighted by molar-refractivity contribution is 0.294. The fourth-order valence-electron chi connectivity index (χ4n) is 4.78. The predicted octanol–water partition coefficient (Wildman–Crippen LogP) is 7.17. The van der Waals surface area contributed by atoms with E-state index in [1.165, 1.54) is 0 Å². The Morgan fingerprint density at radius 3 is 2.49 bits per heavy atom. The Bertz CT molecular complexity index is 1620. The van der Waals surface area contributed by atoms with Crippen molar-refractivity contribution in [1.82, 2.24) is 25.1 Å². The van der Waals surface area contributed by atoms with Crippen LogP contribution >= 0.6 is 0 Å². The maximum atomic E-state index is 10.1. The van der Waals surface area contributed by atoms with E-state index in [4.69, 9.17) is 4.98 Å². The van der Waals surface area contributed by atoms with E-state index in [9.17, 15) is 5.26 Å². The lowest BCUT2D eigenvalue weighted by atomic mass is 9.96. The molecule has 1 aliphatic rings. The minimum Gasteiger partial charge on any atom is -0.391 e. The molecule has 0 bridgehead atoms. The topological polar surface area (TPSA) is 80.1 Å². The SMILES string of the molecule is C=C(Nc1nc(-c2ccccc2C)cc(-c2cccc(C)c2)c1C#N)c1ccncc1.C=CNCCCN1C=CN(C)C1. The molecule has 2 N–H and O–H groups in total. The first-order chi connectivity index (χ1) is 20.9. The van der Waals surface area contributed by atoms with Crippen molar-refractivity contribution >= 4 is 11.5 Å². The van der Waals surface area contributed by atoms with Crippen LogP contribution in [0, 0.1) is 25.2 Å². The molecule has 0 spiro atoms. The summed E-state index contributed by atoms with van der Waals surface area (Å²) in [6.07, 6.45) is 10.6. The van der Waals surface area contributed by atoms with Gasteiger partial charge in [-0.25, -0.2) is 4.98 Å². The molecule has 0 aliphatic carbocycles. The monoisotopic (exact) mass is 569 g/mol. The molecule has 0 atom stereocenters. The summed E-state index contributed by atoms with van der Waals surface area (Å²) in [6.45, 7) is 15.0. The van der Waals surface area contributed by atoms with E-state index in [1.54, 1.807) is 18.6 Å². The standard InChI is InChI=1S/C27H22N4.C9H17N3/c1-18-7-6-9-22(15-18)24-16-26(23-10-5-4-8-19(23)2)31-27(25(24)17-28)30-20(3)21-11-13-29-14-12-21;1-3-10-5-4-6-12-8-7-11(2)9-12/h4-16H,3H2,1-2H3,(H,30,31);3,7-8,10H,1,4-6,9H2,2H3. The smallest absolute Gasteiger partial charge is 0.149 e. The number of nitrogens with zero attached hydrogens (tertiary/aromatic N) is 5. The molecular weight excluding hydrogens is 530 g/mol. The molecule has 2 aromatic heterocycles. The van der Waals surface area contributed by atoms with E-state index < -0.39 is 0 Å². The van der Waals surface area contributed by atoms with Crippen molar-refractivity contribution in [3.05, 3.63) is 133 Å². The molecule has 43 heavy (non-hydrogen) atoms. The van der Waals surface area contributed by atoms with E-state index in [0.717, 1.165) is 65.3 Å². The van der Waals surface area contributed by atoms with Crippen LogP contribution in [0.25, 0.3) is 28.1 Å². The highest BCUT2D eigenvalue weighted by Crippen LogP contribution is 2.34. The third-order valence-corrected chi connectivity index (χ3v) is 7.03. The molecule has 4 aromatic rings. The Labute approximate surface area is 255 Å². The molecule has 2 aromatic carbocycles. The third-order valence-electron chi connectivity index (χ3n) is 7.03. The summed E-state index contributed by atoms with van der Waals surface area (Å²) in [5.74, 6) is 0.488. The van der Waals surface area contributed by atoms with Gasteiger partial charge in [-0.15, -0.1) is 0 Å². The molecule has 5 rings (SSSR count). The summed E-state index contributed by atoms with van der Waals surface area (Å²) in [4.78, 5) is 13.4. The Morgan fingerprint density at radius 2 is 1.81 bits per heavy atom. The first-order valence-corrected chi connectivity index (χ1v) is 14.3. The number of hydrogen-bond donors (Lipinski definition) is 2. The molecule has 0 unspecified atom stereocenters. The lowest BCUT2D eigenvalue weighted by Crippen LogP contribution is -2.25. The van der Waals surface area contributed by atoms with E-state index in [2.05, 4.69) is 83.1 Å². The highest BCUT2D eigenvalue weighted by molar-refractivity contribution is 5.85. The zero-order chi connectivity index (χ0) is 30.6. The number of rotatable bonds is 10. The Hall–Kier alpha value is -5.35. The number of benzene rings is 2. The van der Waals surface area contributed by atoms with Gasteiger partial charge in [0.1, 0.15) is 17.5 Å². The molecule has 218 valence electrons. The molecule has 1 aliphatic heterocycles. The molecule has 3 heterocycles. The molecule has 7 heteroatoms. The summed E-state index contributed by atoms with van der Waals surface area (Å²) in [5, 5.41) is 16.4. The minimum atomic E-state index is 0.484. The van der Waals surface area contributed by atoms with Crippen molar-refractivity contribution in [1.29, 1.82) is 5.26 Å². The van der Waals surface area contributed by atoms with Crippen molar-refractivity contribution in [2.75, 3.05) is 32.1 Å². The number of nitriles is 1. The van der Waals surface area contributed by atoms with Gasteiger partial charge in [0.05, 0.1) is 12.4 Å². The summed E-state index contributed by atoms with van der Waals surface area (Å²) in [6, 6.07) is 24.4. The van der Waals surface area contributed by atoms with Crippen LogP contribution in [0.2, 0.25) is 0 Å². The molecule has 0 saturated carbocycles. The fraction of sp³-hybridized carbons (Fsp3) is 0.194. The van der Waals surface area contributed by atoms with Crippen molar-refractivity contribution in [3.8, 4) is 28.5 Å². The van der Waals surface area contributed by atoms with E-state index in [-0.39, 0.29) is 0 Å². The van der Waals surface area contributed by atoms with Crippen LogP contribution in [-0.4, -0.2) is 46.6 Å². The van der Waals surface area contributed by atoms with Crippen molar-refractivity contribution in [2.24, 2.45) is 0 Å². The van der Waals surface area contributed by atoms with Gasteiger partial charge in [0.15, 0.2) is 0 Å². The Morgan fingerprint density at radius 1 is 1.02 bits per heavy atom. The van der Waals surface area contributed by atoms with Gasteiger partial charge in [-0.05, 0) is 55.8 Å². The predicted molar refractivity (Wildman–Crippen MR) is 177 cm³/mol. The van der Waals surface area contributed by atoms with Crippen LogP contribution in [-0.2, 0) is 0 Å². The van der Waals surface area contributed by atoms with Crippen LogP contribution < -0.4 is 10.6 Å². The Kier molecular flexibility index (Phi) is 10.7. The zero-order valence-electron chi connectivity index (χ0n) is 25.2. The van der Waals surface area contributed by atoms with E-state index >= 15 is 0 Å². The molecular formula is C36H39N7. The van der Waals surface area contributed by atoms with Crippen molar-refractivity contribution < 1.29 is 0 Å². The number of aromatic nitrogens is 2. The highest BCUT2D eigenvalue weighted by atomic mass is 15.3. The molecule has 0 fully saturated rings. The first kappa shape index (κ1) is 30.6. The number of anilines is 1. The average molecular weight is 570 g/mol. The van der Waals surface area contributed by atoms with E-state index in [1.807, 2.05) is 61.5 Å². The molecule has 0 radical (unpaired) electrons. The van der Waals surface area contributed by atoms with Crippen LogP contribution in [0.1, 0.15) is 28.7 Å². The van der Waals surface area contributed by atoms with Gasteiger partial charge >= 0.3 is 0 Å².